The number of hydrogen-bond acceptors (Lipinski definition) is 5. The fraction of sp³-hybridized carbons (Fsp3) is 0.292. The number of carbonyl (C=O) groups excluding carboxylic acids is 1. The Labute approximate surface area is 177 Å². The molecule has 30 heavy (non-hydrogen) atoms. The van der Waals surface area contributed by atoms with Crippen molar-refractivity contribution in [2.24, 2.45) is 0 Å². The first-order chi connectivity index (χ1) is 14.5. The van der Waals surface area contributed by atoms with E-state index in [-0.39, 0.29) is 5.91 Å². The Hall–Kier alpha value is -3.25. The molecule has 158 valence electrons. The maximum atomic E-state index is 12.4. The summed E-state index contributed by atoms with van der Waals surface area (Å²) < 4.78 is 16.1. The van der Waals surface area contributed by atoms with Crippen molar-refractivity contribution in [1.82, 2.24) is 10.2 Å². The van der Waals surface area contributed by atoms with E-state index >= 15 is 0 Å². The molecule has 6 heteroatoms. The van der Waals surface area contributed by atoms with Crippen LogP contribution in [0.4, 0.5) is 0 Å². The lowest BCUT2D eigenvalue weighted by molar-refractivity contribution is -0.122. The van der Waals surface area contributed by atoms with Crippen molar-refractivity contribution < 1.29 is 19.0 Å². The third kappa shape index (κ3) is 5.21. The summed E-state index contributed by atoms with van der Waals surface area (Å²) in [6, 6.07) is 18.3. The predicted molar refractivity (Wildman–Crippen MR) is 118 cm³/mol. The molecule has 0 saturated carbocycles. The van der Waals surface area contributed by atoms with Crippen molar-refractivity contribution in [2.45, 2.75) is 13.1 Å². The van der Waals surface area contributed by atoms with Crippen LogP contribution in [0.15, 0.2) is 54.6 Å². The highest BCUT2D eigenvalue weighted by molar-refractivity contribution is 5.83. The van der Waals surface area contributed by atoms with Gasteiger partial charge in [-0.1, -0.05) is 36.4 Å². The largest absolute Gasteiger partial charge is 0.493 e. The Kier molecular flexibility index (Phi) is 7.14. The van der Waals surface area contributed by atoms with Gasteiger partial charge in [-0.2, -0.15) is 0 Å². The van der Waals surface area contributed by atoms with Gasteiger partial charge in [-0.05, 0) is 47.1 Å². The van der Waals surface area contributed by atoms with Crippen molar-refractivity contribution in [3.05, 3.63) is 65.7 Å². The van der Waals surface area contributed by atoms with Crippen LogP contribution in [0.3, 0.4) is 0 Å². The number of rotatable bonds is 9. The van der Waals surface area contributed by atoms with Crippen molar-refractivity contribution in [3.63, 3.8) is 0 Å². The molecule has 1 N–H and O–H groups in total. The van der Waals surface area contributed by atoms with Gasteiger partial charge in [0, 0.05) is 13.1 Å². The average Bonchev–Trinajstić information content (AvgIpc) is 2.76. The summed E-state index contributed by atoms with van der Waals surface area (Å²) in [6.45, 7) is 1.37. The Morgan fingerprint density at radius 1 is 0.867 bits per heavy atom. The number of fused-ring (bicyclic) bond motifs is 1. The molecule has 0 fully saturated rings. The average molecular weight is 408 g/mol. The molecule has 0 aliphatic heterocycles. The Balaban J connectivity index is 1.57. The normalized spacial score (nSPS) is 10.8. The number of ether oxygens (including phenoxy) is 3. The molecule has 1 amide bonds. The van der Waals surface area contributed by atoms with Crippen LogP contribution in [0.5, 0.6) is 17.2 Å². The first kappa shape index (κ1) is 21.5. The molecule has 3 rings (SSSR count). The van der Waals surface area contributed by atoms with Crippen LogP contribution >= 0.6 is 0 Å². The van der Waals surface area contributed by atoms with E-state index in [1.807, 2.05) is 36.2 Å². The third-order valence-corrected chi connectivity index (χ3v) is 4.89. The second-order valence-corrected chi connectivity index (χ2v) is 7.16. The highest BCUT2D eigenvalue weighted by Gasteiger charge is 2.14. The zero-order valence-corrected chi connectivity index (χ0v) is 17.9. The molecule has 3 aromatic carbocycles. The fourth-order valence-corrected chi connectivity index (χ4v) is 3.44. The Bertz CT molecular complexity index is 994. The molecule has 0 saturated heterocycles. The molecule has 6 nitrogen and oxygen atoms in total. The molecule has 0 aromatic heterocycles. The summed E-state index contributed by atoms with van der Waals surface area (Å²) in [7, 11) is 6.64. The topological polar surface area (TPSA) is 60.0 Å². The summed E-state index contributed by atoms with van der Waals surface area (Å²) in [6.07, 6.45) is 0. The second-order valence-electron chi connectivity index (χ2n) is 7.16. The minimum atomic E-state index is -0.0490. The van der Waals surface area contributed by atoms with Crippen LogP contribution in [-0.4, -0.2) is 45.7 Å². The van der Waals surface area contributed by atoms with Gasteiger partial charge in [-0.15, -0.1) is 0 Å². The summed E-state index contributed by atoms with van der Waals surface area (Å²) >= 11 is 0. The van der Waals surface area contributed by atoms with Crippen LogP contribution < -0.4 is 19.5 Å². The molecule has 0 spiro atoms. The van der Waals surface area contributed by atoms with Gasteiger partial charge in [-0.25, -0.2) is 0 Å². The lowest BCUT2D eigenvalue weighted by Crippen LogP contribution is -2.34. The SMILES string of the molecule is COc1cc(CNC(=O)CN(C)Cc2ccc3ccccc3c2)cc(OC)c1OC. The maximum Gasteiger partial charge on any atom is 0.234 e. The van der Waals surface area contributed by atoms with Crippen LogP contribution in [0.1, 0.15) is 11.1 Å². The van der Waals surface area contributed by atoms with Gasteiger partial charge in [0.1, 0.15) is 0 Å². The number of hydrogen-bond donors (Lipinski definition) is 1. The standard InChI is InChI=1S/C24H28N2O4/c1-26(15-17-9-10-19-7-5-6-8-20(19)11-17)16-23(27)25-14-18-12-21(28-2)24(30-4)22(13-18)29-3/h5-13H,14-16H2,1-4H3,(H,25,27). The van der Waals surface area contributed by atoms with Crippen LogP contribution in [0, 0.1) is 0 Å². The van der Waals surface area contributed by atoms with E-state index in [0.29, 0.717) is 36.9 Å². The van der Waals surface area contributed by atoms with Gasteiger partial charge in [-0.3, -0.25) is 9.69 Å². The monoisotopic (exact) mass is 408 g/mol. The van der Waals surface area contributed by atoms with E-state index in [9.17, 15) is 4.79 Å². The summed E-state index contributed by atoms with van der Waals surface area (Å²) in [5.74, 6) is 1.61. The number of amides is 1. The van der Waals surface area contributed by atoms with Crippen molar-refractivity contribution in [3.8, 4) is 17.2 Å². The number of carbonyl (C=O) groups is 1. The lowest BCUT2D eigenvalue weighted by atomic mass is 10.1. The van der Waals surface area contributed by atoms with Gasteiger partial charge in [0.05, 0.1) is 27.9 Å². The van der Waals surface area contributed by atoms with E-state index in [4.69, 9.17) is 14.2 Å². The zero-order chi connectivity index (χ0) is 21.5. The minimum absolute atomic E-state index is 0.0490. The first-order valence-corrected chi connectivity index (χ1v) is 9.76. The van der Waals surface area contributed by atoms with E-state index in [2.05, 4.69) is 35.6 Å². The van der Waals surface area contributed by atoms with Gasteiger partial charge in [0.25, 0.3) is 0 Å². The van der Waals surface area contributed by atoms with E-state index in [1.54, 1.807) is 21.3 Å². The predicted octanol–water partition coefficient (Wildman–Crippen LogP) is 3.61. The van der Waals surface area contributed by atoms with Gasteiger partial charge in [0.2, 0.25) is 11.7 Å². The quantitative estimate of drug-likeness (QED) is 0.586. The first-order valence-electron chi connectivity index (χ1n) is 9.76. The minimum Gasteiger partial charge on any atom is -0.493 e. The van der Waals surface area contributed by atoms with E-state index in [1.165, 1.54) is 16.3 Å². The van der Waals surface area contributed by atoms with Crippen molar-refractivity contribution in [1.29, 1.82) is 0 Å². The van der Waals surface area contributed by atoms with Gasteiger partial charge >= 0.3 is 0 Å². The van der Waals surface area contributed by atoms with Gasteiger partial charge < -0.3 is 19.5 Å². The van der Waals surface area contributed by atoms with Crippen LogP contribution in [0.2, 0.25) is 0 Å². The highest BCUT2D eigenvalue weighted by Crippen LogP contribution is 2.38. The molecule has 0 aliphatic carbocycles. The van der Waals surface area contributed by atoms with Crippen molar-refractivity contribution in [2.75, 3.05) is 34.9 Å². The van der Waals surface area contributed by atoms with Crippen molar-refractivity contribution >= 4 is 16.7 Å². The molecular weight excluding hydrogens is 380 g/mol. The van der Waals surface area contributed by atoms with E-state index < -0.39 is 0 Å². The molecule has 0 bridgehead atoms. The molecule has 0 radical (unpaired) electrons. The number of benzene rings is 3. The zero-order valence-electron chi connectivity index (χ0n) is 17.9. The molecule has 0 atom stereocenters. The smallest absolute Gasteiger partial charge is 0.234 e. The molecule has 0 aliphatic rings. The molecule has 3 aromatic rings. The lowest BCUT2D eigenvalue weighted by Gasteiger charge is -2.17. The van der Waals surface area contributed by atoms with Crippen LogP contribution in [0.25, 0.3) is 10.8 Å². The second kappa shape index (κ2) is 9.98. The number of nitrogens with zero attached hydrogens (tertiary/aromatic N) is 1. The number of nitrogens with one attached hydrogen (secondary N) is 1. The van der Waals surface area contributed by atoms with E-state index in [0.717, 1.165) is 5.56 Å². The van der Waals surface area contributed by atoms with Gasteiger partial charge in [0.15, 0.2) is 11.5 Å². The third-order valence-electron chi connectivity index (χ3n) is 4.89. The Morgan fingerprint density at radius 3 is 2.17 bits per heavy atom. The number of likely N-dealkylation sites (N-methyl/N-ethyl adjacent to an activating group) is 1. The fourth-order valence-electron chi connectivity index (χ4n) is 3.44. The summed E-state index contributed by atoms with van der Waals surface area (Å²) in [5, 5.41) is 5.37. The molecule has 0 heterocycles. The highest BCUT2D eigenvalue weighted by atomic mass is 16.5. The maximum absolute atomic E-state index is 12.4. The summed E-state index contributed by atoms with van der Waals surface area (Å²) in [4.78, 5) is 14.4. The molecular formula is C24H28N2O4. The Morgan fingerprint density at radius 2 is 1.53 bits per heavy atom. The molecule has 0 unspecified atom stereocenters. The van der Waals surface area contributed by atoms with Crippen LogP contribution in [-0.2, 0) is 17.9 Å². The summed E-state index contributed by atoms with van der Waals surface area (Å²) in [5.41, 5.74) is 2.05. The number of methoxy groups -OCH3 is 3.